The predicted molar refractivity (Wildman–Crippen MR) is 111 cm³/mol. The van der Waals surface area contributed by atoms with E-state index in [0.717, 1.165) is 0 Å². The third-order valence-corrected chi connectivity index (χ3v) is 5.00. The molecule has 31 heavy (non-hydrogen) atoms. The molecule has 0 aliphatic carbocycles. The van der Waals surface area contributed by atoms with Crippen LogP contribution in [0.3, 0.4) is 0 Å². The summed E-state index contributed by atoms with van der Waals surface area (Å²) in [6, 6.07) is 10.1. The fourth-order valence-corrected chi connectivity index (χ4v) is 3.12. The number of benzene rings is 2. The number of hydrogen-bond acceptors (Lipinski definition) is 4. The van der Waals surface area contributed by atoms with E-state index >= 15 is 0 Å². The van der Waals surface area contributed by atoms with Crippen LogP contribution in [0.1, 0.15) is 23.0 Å². The second-order valence-electron chi connectivity index (χ2n) is 6.72. The molecule has 162 valence electrons. The van der Waals surface area contributed by atoms with Crippen molar-refractivity contribution in [2.24, 2.45) is 7.05 Å². The van der Waals surface area contributed by atoms with Crippen LogP contribution in [0.2, 0.25) is 5.02 Å². The van der Waals surface area contributed by atoms with E-state index in [9.17, 15) is 23.2 Å². The Bertz CT molecular complexity index is 1220. The highest BCUT2D eigenvalue weighted by atomic mass is 35.5. The smallest absolute Gasteiger partial charge is 0.340 e. The van der Waals surface area contributed by atoms with Crippen LogP contribution in [0, 0.1) is 18.6 Å². The van der Waals surface area contributed by atoms with Gasteiger partial charge in [0.25, 0.3) is 11.5 Å². The van der Waals surface area contributed by atoms with E-state index in [0.29, 0.717) is 23.5 Å². The maximum atomic E-state index is 13.4. The summed E-state index contributed by atoms with van der Waals surface area (Å²) >= 11 is 5.75. The van der Waals surface area contributed by atoms with Gasteiger partial charge in [-0.25, -0.2) is 18.3 Å². The van der Waals surface area contributed by atoms with Crippen LogP contribution in [-0.4, -0.2) is 27.3 Å². The number of hydrogen-bond donors (Lipinski definition) is 1. The highest BCUT2D eigenvalue weighted by molar-refractivity contribution is 6.33. The number of carbonyl (C=O) groups excluding carboxylic acids is 2. The third kappa shape index (κ3) is 4.36. The van der Waals surface area contributed by atoms with Gasteiger partial charge in [0.15, 0.2) is 17.7 Å². The first-order chi connectivity index (χ1) is 14.6. The van der Waals surface area contributed by atoms with E-state index in [1.807, 2.05) is 6.07 Å². The molecule has 1 atom stereocenters. The molecule has 7 nitrogen and oxygen atoms in total. The van der Waals surface area contributed by atoms with Crippen LogP contribution in [0.4, 0.5) is 14.5 Å². The van der Waals surface area contributed by atoms with Crippen molar-refractivity contribution in [3.05, 3.63) is 80.7 Å². The molecule has 10 heteroatoms. The second kappa shape index (κ2) is 8.73. The number of carbonyl (C=O) groups is 2. The molecule has 0 bridgehead atoms. The average Bonchev–Trinajstić information content (AvgIpc) is 2.94. The van der Waals surface area contributed by atoms with Crippen LogP contribution in [0.5, 0.6) is 0 Å². The largest absolute Gasteiger partial charge is 0.449 e. The quantitative estimate of drug-likeness (QED) is 0.476. The lowest BCUT2D eigenvalue weighted by molar-refractivity contribution is -0.123. The lowest BCUT2D eigenvalue weighted by Crippen LogP contribution is -2.32. The normalized spacial score (nSPS) is 11.8. The standard InChI is InChI=1S/C21H18ClF2N3O4/c1-11-18(20(29)27(26(11)3)13-7-5-4-6-8-13)25-19(28)12(2)31-21(30)14-9-16(23)17(24)10-15(14)22/h4-10,12H,1-3H3,(H,25,28). The number of nitrogens with zero attached hydrogens (tertiary/aromatic N) is 2. The molecular weight excluding hydrogens is 432 g/mol. The zero-order chi connectivity index (χ0) is 22.9. The van der Waals surface area contributed by atoms with Gasteiger partial charge in [0.2, 0.25) is 0 Å². The van der Waals surface area contributed by atoms with Gasteiger partial charge in [-0.2, -0.15) is 0 Å². The van der Waals surface area contributed by atoms with E-state index in [4.69, 9.17) is 16.3 Å². The molecule has 0 aliphatic heterocycles. The molecule has 1 unspecified atom stereocenters. The van der Waals surface area contributed by atoms with E-state index in [1.54, 1.807) is 42.9 Å². The minimum Gasteiger partial charge on any atom is -0.449 e. The number of nitrogens with one attached hydrogen (secondary N) is 1. The molecule has 1 heterocycles. The van der Waals surface area contributed by atoms with Gasteiger partial charge in [-0.15, -0.1) is 0 Å². The van der Waals surface area contributed by atoms with E-state index < -0.39 is 40.7 Å². The Hall–Kier alpha value is -3.46. The van der Waals surface area contributed by atoms with Gasteiger partial charge >= 0.3 is 5.97 Å². The number of anilines is 1. The summed E-state index contributed by atoms with van der Waals surface area (Å²) in [5.41, 5.74) is 0.199. The zero-order valence-corrected chi connectivity index (χ0v) is 17.5. The summed E-state index contributed by atoms with van der Waals surface area (Å²) in [5.74, 6) is -4.40. The first-order valence-corrected chi connectivity index (χ1v) is 9.50. The average molecular weight is 450 g/mol. The van der Waals surface area contributed by atoms with Crippen LogP contribution in [0.15, 0.2) is 47.3 Å². The van der Waals surface area contributed by atoms with Crippen LogP contribution in [-0.2, 0) is 16.6 Å². The SMILES string of the molecule is Cc1c(NC(=O)C(C)OC(=O)c2cc(F)c(F)cc2Cl)c(=O)n(-c2ccccc2)n1C. The Morgan fingerprint density at radius 2 is 1.74 bits per heavy atom. The minimum atomic E-state index is -1.35. The van der Waals surface area contributed by atoms with Gasteiger partial charge in [0.05, 0.1) is 22.0 Å². The lowest BCUT2D eigenvalue weighted by atomic mass is 10.2. The molecule has 2 aromatic carbocycles. The van der Waals surface area contributed by atoms with Crippen molar-refractivity contribution in [3.63, 3.8) is 0 Å². The molecular formula is C21H18ClF2N3O4. The summed E-state index contributed by atoms with van der Waals surface area (Å²) in [7, 11) is 1.66. The van der Waals surface area contributed by atoms with Crippen molar-refractivity contribution in [3.8, 4) is 5.69 Å². The Labute approximate surface area is 180 Å². The molecule has 0 saturated heterocycles. The van der Waals surface area contributed by atoms with E-state index in [-0.39, 0.29) is 10.7 Å². The zero-order valence-electron chi connectivity index (χ0n) is 16.8. The number of amides is 1. The summed E-state index contributed by atoms with van der Waals surface area (Å²) in [4.78, 5) is 37.6. The van der Waals surface area contributed by atoms with Crippen molar-refractivity contribution < 1.29 is 23.1 Å². The topological polar surface area (TPSA) is 82.3 Å². The number of ether oxygens (including phenoxy) is 1. The molecule has 3 rings (SSSR count). The maximum Gasteiger partial charge on any atom is 0.340 e. The van der Waals surface area contributed by atoms with Gasteiger partial charge in [0.1, 0.15) is 5.69 Å². The van der Waals surface area contributed by atoms with Gasteiger partial charge < -0.3 is 10.1 Å². The van der Waals surface area contributed by atoms with Crippen molar-refractivity contribution in [2.75, 3.05) is 5.32 Å². The van der Waals surface area contributed by atoms with Gasteiger partial charge in [-0.3, -0.25) is 14.3 Å². The Balaban J connectivity index is 1.80. The van der Waals surface area contributed by atoms with Crippen molar-refractivity contribution in [1.82, 2.24) is 9.36 Å². The van der Waals surface area contributed by atoms with E-state index in [1.165, 1.54) is 11.6 Å². The number of esters is 1. The van der Waals surface area contributed by atoms with Crippen LogP contribution < -0.4 is 10.9 Å². The molecule has 0 radical (unpaired) electrons. The van der Waals surface area contributed by atoms with Crippen molar-refractivity contribution in [1.29, 1.82) is 0 Å². The molecule has 0 fully saturated rings. The second-order valence-corrected chi connectivity index (χ2v) is 7.13. The highest BCUT2D eigenvalue weighted by Gasteiger charge is 2.25. The Kier molecular flexibility index (Phi) is 6.26. The monoisotopic (exact) mass is 449 g/mol. The van der Waals surface area contributed by atoms with Gasteiger partial charge in [-0.05, 0) is 38.1 Å². The molecule has 0 spiro atoms. The molecule has 1 aromatic heterocycles. The number of aromatic nitrogens is 2. The lowest BCUT2D eigenvalue weighted by Gasteiger charge is -2.13. The summed E-state index contributed by atoms with van der Waals surface area (Å²) in [6.45, 7) is 2.92. The number of rotatable bonds is 5. The minimum absolute atomic E-state index is 0.0186. The highest BCUT2D eigenvalue weighted by Crippen LogP contribution is 2.21. The first-order valence-electron chi connectivity index (χ1n) is 9.12. The summed E-state index contributed by atoms with van der Waals surface area (Å²) < 4.78 is 34.6. The van der Waals surface area contributed by atoms with Crippen LogP contribution >= 0.6 is 11.6 Å². The van der Waals surface area contributed by atoms with Crippen molar-refractivity contribution in [2.45, 2.75) is 20.0 Å². The maximum absolute atomic E-state index is 13.4. The van der Waals surface area contributed by atoms with Crippen LogP contribution in [0.25, 0.3) is 5.69 Å². The van der Waals surface area contributed by atoms with Gasteiger partial charge in [-0.1, -0.05) is 29.8 Å². The number of halogens is 3. The Morgan fingerprint density at radius 1 is 1.13 bits per heavy atom. The third-order valence-electron chi connectivity index (χ3n) is 4.69. The molecule has 0 saturated carbocycles. The van der Waals surface area contributed by atoms with E-state index in [2.05, 4.69) is 5.32 Å². The summed E-state index contributed by atoms with van der Waals surface area (Å²) in [6.07, 6.45) is -1.35. The van der Waals surface area contributed by atoms with Crippen molar-refractivity contribution >= 4 is 29.2 Å². The first kappa shape index (κ1) is 22.2. The molecule has 1 N–H and O–H groups in total. The van der Waals surface area contributed by atoms with Gasteiger partial charge in [0, 0.05) is 7.05 Å². The Morgan fingerprint density at radius 3 is 2.39 bits per heavy atom. The number of para-hydroxylation sites is 1. The predicted octanol–water partition coefficient (Wildman–Crippen LogP) is 3.60. The fourth-order valence-electron chi connectivity index (χ4n) is 2.89. The molecule has 1 amide bonds. The molecule has 0 aliphatic rings. The fraction of sp³-hybridized carbons (Fsp3) is 0.190. The summed E-state index contributed by atoms with van der Waals surface area (Å²) in [5, 5.41) is 2.10. The molecule has 3 aromatic rings.